The molecule has 0 bridgehead atoms. The van der Waals surface area contributed by atoms with Gasteiger partial charge in [-0.15, -0.1) is 0 Å². The van der Waals surface area contributed by atoms with Gasteiger partial charge in [0.05, 0.1) is 11.8 Å². The third kappa shape index (κ3) is 5.10. The predicted octanol–water partition coefficient (Wildman–Crippen LogP) is 2.27. The molecule has 0 aromatic heterocycles. The minimum atomic E-state index is -0.588. The lowest BCUT2D eigenvalue weighted by molar-refractivity contribution is 0.0665. The minimum absolute atomic E-state index is 0.461. The second-order valence-corrected chi connectivity index (χ2v) is 2.82. The Morgan fingerprint density at radius 1 is 1.50 bits per heavy atom. The Morgan fingerprint density at radius 3 is 2.30 bits per heavy atom. The van der Waals surface area contributed by atoms with Gasteiger partial charge in [0.25, 0.3) is 6.07 Å². The van der Waals surface area contributed by atoms with Crippen LogP contribution in [0.1, 0.15) is 27.7 Å². The van der Waals surface area contributed by atoms with Crippen LogP contribution >= 0.6 is 0 Å². The van der Waals surface area contributed by atoms with Crippen molar-refractivity contribution in [1.82, 2.24) is 0 Å². The van der Waals surface area contributed by atoms with Crippen LogP contribution in [0.2, 0.25) is 0 Å². The molecule has 0 heterocycles. The zero-order valence-electron chi connectivity index (χ0n) is 6.76. The van der Waals surface area contributed by atoms with Gasteiger partial charge in [-0.1, -0.05) is 0 Å². The molecule has 0 fully saturated rings. The first-order valence-electron chi connectivity index (χ1n) is 3.06. The van der Waals surface area contributed by atoms with E-state index in [4.69, 9.17) is 4.74 Å². The molecule has 0 aromatic rings. The van der Waals surface area contributed by atoms with E-state index in [9.17, 15) is 4.79 Å². The molecule has 0 unspecified atom stereocenters. The normalized spacial score (nSPS) is 9.60. The highest BCUT2D eigenvalue weighted by molar-refractivity contribution is 5.79. The van der Waals surface area contributed by atoms with E-state index in [0.717, 1.165) is 0 Å². The molecule has 0 rings (SSSR count). The van der Waals surface area contributed by atoms with E-state index >= 15 is 0 Å². The largest absolute Gasteiger partial charge is 0.728 e. The summed E-state index contributed by atoms with van der Waals surface area (Å²) in [5.74, 6) is 0. The third-order valence-electron chi connectivity index (χ3n) is 0.597. The average molecular weight is 142 g/mol. The molecule has 0 spiro atoms. The number of ether oxygens (including phenoxy) is 1. The van der Waals surface area contributed by atoms with Gasteiger partial charge in [-0.25, -0.2) is 0 Å². The molecular formula is C7H12NO2+. The van der Waals surface area contributed by atoms with Crippen LogP contribution in [0.4, 0.5) is 4.79 Å². The van der Waals surface area contributed by atoms with Gasteiger partial charge in [0.15, 0.2) is 0 Å². The van der Waals surface area contributed by atoms with Crippen LogP contribution < -0.4 is 0 Å². The van der Waals surface area contributed by atoms with E-state index in [-0.39, 0.29) is 0 Å². The second-order valence-electron chi connectivity index (χ2n) is 2.82. The van der Waals surface area contributed by atoms with Gasteiger partial charge in [-0.2, -0.15) is 4.79 Å². The zero-order chi connectivity index (χ0) is 8.20. The molecule has 0 N–H and O–H groups in total. The first kappa shape index (κ1) is 8.96. The highest BCUT2D eigenvalue weighted by Gasteiger charge is 2.22. The van der Waals surface area contributed by atoms with Crippen molar-refractivity contribution in [1.29, 1.82) is 0 Å². The van der Waals surface area contributed by atoms with E-state index in [2.05, 4.69) is 10.9 Å². The Balaban J connectivity index is 3.89. The van der Waals surface area contributed by atoms with E-state index < -0.39 is 11.7 Å². The Hall–Kier alpha value is -1.04. The van der Waals surface area contributed by atoms with Crippen molar-refractivity contribution in [3.8, 4) is 6.07 Å². The summed E-state index contributed by atoms with van der Waals surface area (Å²) < 4.78 is 4.81. The second kappa shape index (κ2) is 3.21. The monoisotopic (exact) mass is 142 g/mol. The standard InChI is InChI=1S/C7H12NO2/c1-5-8-6(9)10-7(2,3)4/h1-4H3/q+1. The van der Waals surface area contributed by atoms with Gasteiger partial charge in [-0.3, -0.25) is 0 Å². The maximum atomic E-state index is 10.6. The van der Waals surface area contributed by atoms with Gasteiger partial charge in [0, 0.05) is 0 Å². The Morgan fingerprint density at radius 2 is 2.00 bits per heavy atom. The summed E-state index contributed by atoms with van der Waals surface area (Å²) in [6.45, 7) is 6.91. The number of nitrogens with zero attached hydrogens (tertiary/aromatic N) is 1. The zero-order valence-corrected chi connectivity index (χ0v) is 6.76. The molecule has 0 radical (unpaired) electrons. The van der Waals surface area contributed by atoms with Gasteiger partial charge in [0.1, 0.15) is 5.60 Å². The van der Waals surface area contributed by atoms with Crippen LogP contribution in [0.5, 0.6) is 0 Å². The molecule has 0 atom stereocenters. The summed E-state index contributed by atoms with van der Waals surface area (Å²) >= 11 is 0. The van der Waals surface area contributed by atoms with Gasteiger partial charge in [-0.05, 0) is 20.8 Å². The molecule has 10 heavy (non-hydrogen) atoms. The van der Waals surface area contributed by atoms with Crippen LogP contribution in [0.15, 0.2) is 0 Å². The molecule has 0 saturated heterocycles. The van der Waals surface area contributed by atoms with Crippen LogP contribution in [0, 0.1) is 6.07 Å². The fourth-order valence-corrected chi connectivity index (χ4v) is 0.376. The van der Waals surface area contributed by atoms with E-state index in [1.54, 1.807) is 27.7 Å². The molecule has 0 aliphatic carbocycles. The molecule has 0 aliphatic rings. The van der Waals surface area contributed by atoms with E-state index in [1.807, 2.05) is 0 Å². The first-order chi connectivity index (χ1) is 4.45. The van der Waals surface area contributed by atoms with Gasteiger partial charge < -0.3 is 4.74 Å². The van der Waals surface area contributed by atoms with Crippen molar-refractivity contribution < 1.29 is 9.53 Å². The van der Waals surface area contributed by atoms with Crippen molar-refractivity contribution in [2.45, 2.75) is 33.3 Å². The van der Waals surface area contributed by atoms with Crippen molar-refractivity contribution in [2.24, 2.45) is 0 Å². The van der Waals surface area contributed by atoms with Crippen molar-refractivity contribution in [3.63, 3.8) is 0 Å². The van der Waals surface area contributed by atoms with Crippen LogP contribution in [0.3, 0.4) is 0 Å². The highest BCUT2D eigenvalue weighted by atomic mass is 16.6. The minimum Gasteiger partial charge on any atom is -0.392 e. The molecule has 0 aliphatic heterocycles. The lowest BCUT2D eigenvalue weighted by Crippen LogP contribution is -2.21. The van der Waals surface area contributed by atoms with Crippen molar-refractivity contribution in [2.75, 3.05) is 0 Å². The van der Waals surface area contributed by atoms with Gasteiger partial charge in [0.2, 0.25) is 0 Å². The number of carbonyl (C=O) groups is 1. The Labute approximate surface area is 60.8 Å². The van der Waals surface area contributed by atoms with E-state index in [0.29, 0.717) is 0 Å². The van der Waals surface area contributed by atoms with Crippen molar-refractivity contribution >= 4 is 6.09 Å². The average Bonchev–Trinajstić information content (AvgIpc) is 1.59. The molecule has 3 nitrogen and oxygen atoms in total. The summed E-state index contributed by atoms with van der Waals surface area (Å²) in [6.07, 6.45) is -0.588. The molecule has 56 valence electrons. The summed E-state index contributed by atoms with van der Waals surface area (Å²) in [7, 11) is 0. The van der Waals surface area contributed by atoms with Crippen LogP contribution in [-0.4, -0.2) is 11.7 Å². The Kier molecular flexibility index (Phi) is 2.88. The summed E-state index contributed by atoms with van der Waals surface area (Å²) in [4.78, 5) is 13.9. The lowest BCUT2D eigenvalue weighted by atomic mass is 10.2. The topological polar surface area (TPSA) is 30.7 Å². The molecule has 0 saturated carbocycles. The maximum Gasteiger partial charge on any atom is 0.728 e. The third-order valence-corrected chi connectivity index (χ3v) is 0.597. The quantitative estimate of drug-likeness (QED) is 0.519. The predicted molar refractivity (Wildman–Crippen MR) is 39.2 cm³/mol. The molecule has 1 amide bonds. The summed E-state index contributed by atoms with van der Waals surface area (Å²) in [5.41, 5.74) is -0.461. The number of hydrogen-bond donors (Lipinski definition) is 0. The van der Waals surface area contributed by atoms with Crippen LogP contribution in [-0.2, 0) is 4.74 Å². The number of amides is 1. The summed E-state index contributed by atoms with van der Waals surface area (Å²) in [6, 6.07) is 2.34. The lowest BCUT2D eigenvalue weighted by Gasteiger charge is -2.12. The van der Waals surface area contributed by atoms with Gasteiger partial charge >= 0.3 is 6.09 Å². The Bertz CT molecular complexity index is 180. The smallest absolute Gasteiger partial charge is 0.392 e. The molecular weight excluding hydrogens is 130 g/mol. The van der Waals surface area contributed by atoms with Crippen LogP contribution in [0.25, 0.3) is 4.85 Å². The van der Waals surface area contributed by atoms with E-state index in [1.165, 1.54) is 0 Å². The molecule has 3 heteroatoms. The summed E-state index contributed by atoms with van der Waals surface area (Å²) in [5, 5.41) is 0. The number of hydrogen-bond acceptors (Lipinski definition) is 2. The molecule has 0 aromatic carbocycles. The number of carbonyl (C=O) groups excluding carboxylic acids is 1. The highest BCUT2D eigenvalue weighted by Crippen LogP contribution is 2.07. The van der Waals surface area contributed by atoms with Crippen molar-refractivity contribution in [3.05, 3.63) is 4.85 Å². The fourth-order valence-electron chi connectivity index (χ4n) is 0.376. The maximum absolute atomic E-state index is 10.6. The number of rotatable bonds is 0. The first-order valence-corrected chi connectivity index (χ1v) is 3.06. The fraction of sp³-hybridized carbons (Fsp3) is 0.714. The SMILES string of the molecule is CC#[N+]C(=O)OC(C)(C)C.